The van der Waals surface area contributed by atoms with Gasteiger partial charge in [0.1, 0.15) is 23.0 Å². The molecule has 0 aliphatic rings. The van der Waals surface area contributed by atoms with Crippen molar-refractivity contribution in [1.29, 1.82) is 0 Å². The van der Waals surface area contributed by atoms with Gasteiger partial charge in [0.2, 0.25) is 0 Å². The fraction of sp³-hybridized carbons (Fsp3) is 0.200. The monoisotopic (exact) mass is 494 g/mol. The molecule has 37 heavy (non-hydrogen) atoms. The Kier molecular flexibility index (Phi) is 6.94. The first-order valence-electron chi connectivity index (χ1n) is 12.3. The Morgan fingerprint density at radius 3 is 2.46 bits per heavy atom. The molecule has 0 aliphatic heterocycles. The van der Waals surface area contributed by atoms with E-state index in [0.29, 0.717) is 18.7 Å². The average molecular weight is 495 g/mol. The fourth-order valence-electron chi connectivity index (χ4n) is 4.54. The van der Waals surface area contributed by atoms with Crippen molar-refractivity contribution >= 4 is 16.8 Å². The predicted octanol–water partition coefficient (Wildman–Crippen LogP) is 5.69. The van der Waals surface area contributed by atoms with Gasteiger partial charge in [0, 0.05) is 23.5 Å². The molecule has 1 amide bonds. The highest BCUT2D eigenvalue weighted by Crippen LogP contribution is 2.27. The summed E-state index contributed by atoms with van der Waals surface area (Å²) in [5, 5.41) is 4.21. The van der Waals surface area contributed by atoms with Gasteiger partial charge in [0.05, 0.1) is 31.6 Å². The summed E-state index contributed by atoms with van der Waals surface area (Å²) < 4.78 is 12.9. The summed E-state index contributed by atoms with van der Waals surface area (Å²) in [6.45, 7) is 2.58. The lowest BCUT2D eigenvalue weighted by molar-refractivity contribution is 0.0930. The largest absolute Gasteiger partial charge is 0.497 e. The third-order valence-electron chi connectivity index (χ3n) is 6.48. The molecule has 0 fully saturated rings. The standard InChI is InChI=1S/C30H30N4O3/c1-4-37-24-13-9-20(10-14-24)17-26(33-30(35)27-18-22-7-5-6-8-25(22)32-27)29-31-19-28(34(29)2)21-11-15-23(36-3)16-12-21/h5-16,18-19,26,32H,4,17H2,1-3H3,(H,33,35). The van der Waals surface area contributed by atoms with Crippen molar-refractivity contribution in [2.24, 2.45) is 7.05 Å². The number of rotatable bonds is 9. The topological polar surface area (TPSA) is 81.2 Å². The molecule has 188 valence electrons. The van der Waals surface area contributed by atoms with Crippen molar-refractivity contribution in [2.45, 2.75) is 19.4 Å². The van der Waals surface area contributed by atoms with Crippen LogP contribution < -0.4 is 14.8 Å². The second kappa shape index (κ2) is 10.6. The Bertz CT molecular complexity index is 1470. The highest BCUT2D eigenvalue weighted by atomic mass is 16.5. The zero-order valence-electron chi connectivity index (χ0n) is 21.2. The molecule has 1 unspecified atom stereocenters. The minimum atomic E-state index is -0.353. The second-order valence-electron chi connectivity index (χ2n) is 8.87. The molecule has 2 N–H and O–H groups in total. The SMILES string of the molecule is CCOc1ccc(CC(NC(=O)c2cc3ccccc3[nH]2)c2ncc(-c3ccc(OC)cc3)n2C)cc1. The quantitative estimate of drug-likeness (QED) is 0.276. The van der Waals surface area contributed by atoms with Gasteiger partial charge in [0.25, 0.3) is 5.91 Å². The molecule has 7 nitrogen and oxygen atoms in total. The normalized spacial score (nSPS) is 11.9. The van der Waals surface area contributed by atoms with E-state index in [1.807, 2.05) is 104 Å². The summed E-state index contributed by atoms with van der Waals surface area (Å²) in [6.07, 6.45) is 2.42. The first-order valence-corrected chi connectivity index (χ1v) is 12.3. The number of fused-ring (bicyclic) bond motifs is 1. The molecule has 2 aromatic heterocycles. The Balaban J connectivity index is 1.46. The highest BCUT2D eigenvalue weighted by molar-refractivity contribution is 5.98. The van der Waals surface area contributed by atoms with Gasteiger partial charge in [-0.15, -0.1) is 0 Å². The molecule has 0 saturated heterocycles. The lowest BCUT2D eigenvalue weighted by atomic mass is 10.0. The Labute approximate surface area is 216 Å². The molecular weight excluding hydrogens is 464 g/mol. The number of methoxy groups -OCH3 is 1. The molecule has 0 spiro atoms. The minimum Gasteiger partial charge on any atom is -0.497 e. The molecular formula is C30H30N4O3. The van der Waals surface area contributed by atoms with E-state index in [-0.39, 0.29) is 11.9 Å². The van der Waals surface area contributed by atoms with Crippen LogP contribution in [0.3, 0.4) is 0 Å². The van der Waals surface area contributed by atoms with E-state index in [2.05, 4.69) is 10.3 Å². The molecule has 5 aromatic rings. The van der Waals surface area contributed by atoms with Crippen molar-refractivity contribution in [2.75, 3.05) is 13.7 Å². The molecule has 0 saturated carbocycles. The lowest BCUT2D eigenvalue weighted by Crippen LogP contribution is -2.32. The van der Waals surface area contributed by atoms with E-state index < -0.39 is 0 Å². The summed E-state index contributed by atoms with van der Waals surface area (Å²) in [7, 11) is 3.63. The number of carbonyl (C=O) groups is 1. The van der Waals surface area contributed by atoms with Crippen LogP contribution in [0, 0.1) is 0 Å². The average Bonchev–Trinajstić information content (AvgIpc) is 3.53. The Morgan fingerprint density at radius 2 is 1.76 bits per heavy atom. The number of aromatic amines is 1. The zero-order valence-corrected chi connectivity index (χ0v) is 21.2. The van der Waals surface area contributed by atoms with Crippen LogP contribution in [0.2, 0.25) is 0 Å². The van der Waals surface area contributed by atoms with Crippen molar-refractivity contribution in [3.05, 3.63) is 102 Å². The summed E-state index contributed by atoms with van der Waals surface area (Å²) in [5.74, 6) is 2.21. The summed E-state index contributed by atoms with van der Waals surface area (Å²) in [4.78, 5) is 21.3. The van der Waals surface area contributed by atoms with Crippen molar-refractivity contribution in [1.82, 2.24) is 19.9 Å². The number of aromatic nitrogens is 3. The number of hydrogen-bond acceptors (Lipinski definition) is 4. The molecule has 0 aliphatic carbocycles. The van der Waals surface area contributed by atoms with Crippen molar-refractivity contribution in [3.8, 4) is 22.8 Å². The molecule has 2 heterocycles. The smallest absolute Gasteiger partial charge is 0.268 e. The number of ether oxygens (including phenoxy) is 2. The van der Waals surface area contributed by atoms with Crippen LogP contribution in [-0.2, 0) is 13.5 Å². The summed E-state index contributed by atoms with van der Waals surface area (Å²) in [5.41, 5.74) is 4.48. The summed E-state index contributed by atoms with van der Waals surface area (Å²) in [6, 6.07) is 25.2. The number of nitrogens with one attached hydrogen (secondary N) is 2. The number of H-pyrrole nitrogens is 1. The predicted molar refractivity (Wildman–Crippen MR) is 145 cm³/mol. The third kappa shape index (κ3) is 5.21. The van der Waals surface area contributed by atoms with E-state index in [4.69, 9.17) is 14.5 Å². The number of benzene rings is 3. The summed E-state index contributed by atoms with van der Waals surface area (Å²) >= 11 is 0. The number of imidazole rings is 1. The third-order valence-corrected chi connectivity index (χ3v) is 6.48. The first kappa shape index (κ1) is 24.2. The lowest BCUT2D eigenvalue weighted by Gasteiger charge is -2.19. The van der Waals surface area contributed by atoms with E-state index in [1.54, 1.807) is 7.11 Å². The van der Waals surface area contributed by atoms with Crippen LogP contribution in [0.1, 0.15) is 34.8 Å². The van der Waals surface area contributed by atoms with Crippen LogP contribution in [0.25, 0.3) is 22.2 Å². The maximum Gasteiger partial charge on any atom is 0.268 e. The molecule has 0 bridgehead atoms. The maximum atomic E-state index is 13.4. The van der Waals surface area contributed by atoms with Crippen LogP contribution in [0.4, 0.5) is 0 Å². The minimum absolute atomic E-state index is 0.180. The Hall–Kier alpha value is -4.52. The number of hydrogen-bond donors (Lipinski definition) is 2. The molecule has 1 atom stereocenters. The van der Waals surface area contributed by atoms with Gasteiger partial charge in [0.15, 0.2) is 0 Å². The Morgan fingerprint density at radius 1 is 1.03 bits per heavy atom. The molecule has 5 rings (SSSR count). The van der Waals surface area contributed by atoms with Crippen molar-refractivity contribution in [3.63, 3.8) is 0 Å². The van der Waals surface area contributed by atoms with Crippen LogP contribution >= 0.6 is 0 Å². The van der Waals surface area contributed by atoms with Gasteiger partial charge in [-0.3, -0.25) is 4.79 Å². The second-order valence-corrected chi connectivity index (χ2v) is 8.87. The van der Waals surface area contributed by atoms with Crippen LogP contribution in [0.15, 0.2) is 85.1 Å². The highest BCUT2D eigenvalue weighted by Gasteiger charge is 2.23. The maximum absolute atomic E-state index is 13.4. The van der Waals surface area contributed by atoms with Gasteiger partial charge in [-0.05, 0) is 67.4 Å². The van der Waals surface area contributed by atoms with E-state index in [9.17, 15) is 4.79 Å². The van der Waals surface area contributed by atoms with Crippen molar-refractivity contribution < 1.29 is 14.3 Å². The van der Waals surface area contributed by atoms with Gasteiger partial charge in [-0.2, -0.15) is 0 Å². The molecule has 7 heteroatoms. The van der Waals surface area contributed by atoms with E-state index in [1.165, 1.54) is 0 Å². The molecule has 3 aromatic carbocycles. The number of para-hydroxylation sites is 1. The molecule has 0 radical (unpaired) electrons. The van der Waals surface area contributed by atoms with Gasteiger partial charge in [-0.25, -0.2) is 4.98 Å². The van der Waals surface area contributed by atoms with Gasteiger partial charge >= 0.3 is 0 Å². The first-order chi connectivity index (χ1) is 18.1. The number of carbonyl (C=O) groups excluding carboxylic acids is 1. The van der Waals surface area contributed by atoms with Gasteiger partial charge < -0.3 is 24.3 Å². The van der Waals surface area contributed by atoms with Crippen LogP contribution in [-0.4, -0.2) is 34.2 Å². The van der Waals surface area contributed by atoms with E-state index >= 15 is 0 Å². The van der Waals surface area contributed by atoms with Crippen LogP contribution in [0.5, 0.6) is 11.5 Å². The number of nitrogens with zero attached hydrogens (tertiary/aromatic N) is 2. The van der Waals surface area contributed by atoms with E-state index in [0.717, 1.165) is 45.0 Å². The zero-order chi connectivity index (χ0) is 25.8. The number of amides is 1. The fourth-order valence-corrected chi connectivity index (χ4v) is 4.54. The van der Waals surface area contributed by atoms with Gasteiger partial charge in [-0.1, -0.05) is 30.3 Å².